The minimum Gasteiger partial charge on any atom is -0.357 e. The van der Waals surface area contributed by atoms with Crippen molar-refractivity contribution in [2.24, 2.45) is 7.05 Å². The van der Waals surface area contributed by atoms with Gasteiger partial charge in [-0.25, -0.2) is 4.79 Å². The van der Waals surface area contributed by atoms with Crippen molar-refractivity contribution >= 4 is 6.03 Å². The summed E-state index contributed by atoms with van der Waals surface area (Å²) in [5, 5.41) is 2.98. The van der Waals surface area contributed by atoms with Crippen molar-refractivity contribution in [2.75, 3.05) is 6.54 Å². The van der Waals surface area contributed by atoms with Crippen molar-refractivity contribution in [1.29, 1.82) is 0 Å². The lowest BCUT2D eigenvalue weighted by atomic mass is 10.0. The molecule has 1 aliphatic heterocycles. The molecule has 1 N–H and O–H groups in total. The normalized spacial score (nSPS) is 18.4. The van der Waals surface area contributed by atoms with Crippen LogP contribution in [0.2, 0.25) is 0 Å². The van der Waals surface area contributed by atoms with Gasteiger partial charge < -0.3 is 14.8 Å². The van der Waals surface area contributed by atoms with Crippen LogP contribution < -0.4 is 5.32 Å². The summed E-state index contributed by atoms with van der Waals surface area (Å²) in [6, 6.07) is 2.08. The topological polar surface area (TPSA) is 37.3 Å². The zero-order valence-electron chi connectivity index (χ0n) is 10.9. The van der Waals surface area contributed by atoms with Gasteiger partial charge in [-0.15, -0.1) is 0 Å². The summed E-state index contributed by atoms with van der Waals surface area (Å²) >= 11 is 0. The van der Waals surface area contributed by atoms with Crippen molar-refractivity contribution < 1.29 is 4.79 Å². The summed E-state index contributed by atoms with van der Waals surface area (Å²) in [7, 11) is 1.98. The average molecular weight is 235 g/mol. The lowest BCUT2D eigenvalue weighted by Crippen LogP contribution is -2.47. The molecule has 1 aliphatic rings. The van der Waals surface area contributed by atoms with E-state index in [1.807, 2.05) is 35.0 Å². The molecule has 1 aromatic heterocycles. The molecule has 1 fully saturated rings. The summed E-state index contributed by atoms with van der Waals surface area (Å²) < 4.78 is 1.99. The molecule has 94 valence electrons. The number of nitrogens with zero attached hydrogens (tertiary/aromatic N) is 2. The first-order valence-electron chi connectivity index (χ1n) is 6.15. The molecule has 0 aromatic carbocycles. The summed E-state index contributed by atoms with van der Waals surface area (Å²) in [5.74, 6) is 0. The number of rotatable bonds is 2. The first-order valence-corrected chi connectivity index (χ1v) is 6.15. The molecule has 2 rings (SSSR count). The second-order valence-corrected chi connectivity index (χ2v) is 5.41. The summed E-state index contributed by atoms with van der Waals surface area (Å²) in [4.78, 5) is 14.0. The van der Waals surface area contributed by atoms with E-state index in [4.69, 9.17) is 0 Å². The van der Waals surface area contributed by atoms with Gasteiger partial charge in [0.2, 0.25) is 0 Å². The van der Waals surface area contributed by atoms with Gasteiger partial charge in [-0.05, 0) is 38.3 Å². The lowest BCUT2D eigenvalue weighted by molar-refractivity contribution is 0.165. The van der Waals surface area contributed by atoms with Crippen LogP contribution >= 0.6 is 0 Å². The molecule has 1 saturated heterocycles. The molecular formula is C13H21N3O. The largest absolute Gasteiger partial charge is 0.357 e. The maximum atomic E-state index is 12.0. The van der Waals surface area contributed by atoms with E-state index in [1.54, 1.807) is 0 Å². The minimum absolute atomic E-state index is 0.000765. The van der Waals surface area contributed by atoms with E-state index in [2.05, 4.69) is 19.2 Å². The van der Waals surface area contributed by atoms with Gasteiger partial charge in [0.05, 0.1) is 0 Å². The number of likely N-dealkylation sites (tertiary alicyclic amines) is 1. The molecule has 0 saturated carbocycles. The van der Waals surface area contributed by atoms with Crippen LogP contribution in [0.4, 0.5) is 4.79 Å². The third kappa shape index (κ3) is 2.62. The fourth-order valence-electron chi connectivity index (χ4n) is 2.42. The number of urea groups is 1. The Morgan fingerprint density at radius 2 is 2.29 bits per heavy atom. The zero-order valence-corrected chi connectivity index (χ0v) is 10.9. The molecule has 0 spiro atoms. The Balaban J connectivity index is 1.89. The predicted molar refractivity (Wildman–Crippen MR) is 67.7 cm³/mol. The number of amides is 2. The van der Waals surface area contributed by atoms with E-state index < -0.39 is 0 Å². The lowest BCUT2D eigenvalue weighted by Gasteiger charge is -2.31. The average Bonchev–Trinajstić information content (AvgIpc) is 2.81. The predicted octanol–water partition coefficient (Wildman–Crippen LogP) is 2.11. The van der Waals surface area contributed by atoms with Crippen molar-refractivity contribution in [1.82, 2.24) is 14.8 Å². The maximum absolute atomic E-state index is 12.0. The number of aryl methyl sites for hydroxylation is 1. The van der Waals surface area contributed by atoms with Gasteiger partial charge in [-0.3, -0.25) is 0 Å². The zero-order chi connectivity index (χ0) is 12.5. The third-order valence-corrected chi connectivity index (χ3v) is 3.48. The van der Waals surface area contributed by atoms with Crippen LogP contribution in [-0.4, -0.2) is 27.6 Å². The highest BCUT2D eigenvalue weighted by molar-refractivity contribution is 5.75. The second-order valence-electron chi connectivity index (χ2n) is 5.41. The monoisotopic (exact) mass is 235 g/mol. The summed E-state index contributed by atoms with van der Waals surface area (Å²) in [6.07, 6.45) is 6.20. The van der Waals surface area contributed by atoms with Crippen LogP contribution in [0.1, 0.15) is 32.3 Å². The Hall–Kier alpha value is -1.45. The van der Waals surface area contributed by atoms with E-state index in [-0.39, 0.29) is 11.6 Å². The summed E-state index contributed by atoms with van der Waals surface area (Å²) in [5.41, 5.74) is 1.14. The van der Waals surface area contributed by atoms with Gasteiger partial charge in [0.15, 0.2) is 0 Å². The maximum Gasteiger partial charge on any atom is 0.318 e. The molecular weight excluding hydrogens is 214 g/mol. The Labute approximate surface area is 103 Å². The quantitative estimate of drug-likeness (QED) is 0.837. The Kier molecular flexibility index (Phi) is 3.13. The standard InChI is InChI=1S/C13H21N3O/c1-13(2)6-4-7-16(13)12(17)14-9-11-5-8-15(3)10-11/h5,8,10H,4,6-7,9H2,1-3H3,(H,14,17). The van der Waals surface area contributed by atoms with Crippen molar-refractivity contribution in [3.8, 4) is 0 Å². The van der Waals surface area contributed by atoms with Crippen LogP contribution in [0, 0.1) is 0 Å². The first kappa shape index (κ1) is 12.0. The van der Waals surface area contributed by atoms with Crippen LogP contribution in [0.3, 0.4) is 0 Å². The van der Waals surface area contributed by atoms with Crippen molar-refractivity contribution in [3.05, 3.63) is 24.0 Å². The van der Waals surface area contributed by atoms with E-state index >= 15 is 0 Å². The molecule has 1 aromatic rings. The number of hydrogen-bond acceptors (Lipinski definition) is 1. The number of carbonyl (C=O) groups excluding carboxylic acids is 1. The van der Waals surface area contributed by atoms with Gasteiger partial charge >= 0.3 is 6.03 Å². The first-order chi connectivity index (χ1) is 7.99. The highest BCUT2D eigenvalue weighted by Crippen LogP contribution is 2.27. The molecule has 0 bridgehead atoms. The number of aromatic nitrogens is 1. The van der Waals surface area contributed by atoms with Crippen LogP contribution in [0.25, 0.3) is 0 Å². The van der Waals surface area contributed by atoms with E-state index in [9.17, 15) is 4.79 Å². The molecule has 17 heavy (non-hydrogen) atoms. The fourth-order valence-corrected chi connectivity index (χ4v) is 2.42. The molecule has 0 radical (unpaired) electrons. The molecule has 0 aliphatic carbocycles. The fraction of sp³-hybridized carbons (Fsp3) is 0.615. The molecule has 4 nitrogen and oxygen atoms in total. The third-order valence-electron chi connectivity index (χ3n) is 3.48. The Morgan fingerprint density at radius 1 is 1.53 bits per heavy atom. The number of hydrogen-bond donors (Lipinski definition) is 1. The Bertz CT molecular complexity index is 409. The van der Waals surface area contributed by atoms with Crippen LogP contribution in [0.5, 0.6) is 0 Å². The van der Waals surface area contributed by atoms with Gasteiger partial charge in [0, 0.05) is 38.1 Å². The van der Waals surface area contributed by atoms with E-state index in [0.29, 0.717) is 6.54 Å². The van der Waals surface area contributed by atoms with Crippen LogP contribution in [0.15, 0.2) is 18.5 Å². The molecule has 2 heterocycles. The molecule has 0 unspecified atom stereocenters. The van der Waals surface area contributed by atoms with Gasteiger partial charge in [-0.1, -0.05) is 0 Å². The van der Waals surface area contributed by atoms with Gasteiger partial charge in [-0.2, -0.15) is 0 Å². The van der Waals surface area contributed by atoms with Crippen LogP contribution in [-0.2, 0) is 13.6 Å². The number of nitrogens with one attached hydrogen (secondary N) is 1. The van der Waals surface area contributed by atoms with E-state index in [1.165, 1.54) is 0 Å². The highest BCUT2D eigenvalue weighted by Gasteiger charge is 2.35. The molecule has 0 atom stereocenters. The van der Waals surface area contributed by atoms with E-state index in [0.717, 1.165) is 24.9 Å². The second kappa shape index (κ2) is 4.43. The van der Waals surface area contributed by atoms with Gasteiger partial charge in [0.1, 0.15) is 0 Å². The molecule has 2 amide bonds. The van der Waals surface area contributed by atoms with Crippen molar-refractivity contribution in [3.63, 3.8) is 0 Å². The SMILES string of the molecule is Cn1ccc(CNC(=O)N2CCCC2(C)C)c1. The van der Waals surface area contributed by atoms with Gasteiger partial charge in [0.25, 0.3) is 0 Å². The molecule has 4 heteroatoms. The number of carbonyl (C=O) groups is 1. The van der Waals surface area contributed by atoms with Crippen molar-refractivity contribution in [2.45, 2.75) is 38.8 Å². The minimum atomic E-state index is 0.000765. The highest BCUT2D eigenvalue weighted by atomic mass is 16.2. The Morgan fingerprint density at radius 3 is 2.82 bits per heavy atom. The smallest absolute Gasteiger partial charge is 0.318 e. The summed E-state index contributed by atoms with van der Waals surface area (Å²) in [6.45, 7) is 5.73.